The largest absolute Gasteiger partial charge is 0.394 e. The minimum Gasteiger partial charge on any atom is -0.394 e. The first-order chi connectivity index (χ1) is 11.1. The van der Waals surface area contributed by atoms with Gasteiger partial charge in [-0.15, -0.1) is 0 Å². The molecule has 122 valence electrons. The molecule has 0 spiro atoms. The van der Waals surface area contributed by atoms with Crippen molar-refractivity contribution >= 4 is 22.5 Å². The van der Waals surface area contributed by atoms with E-state index in [0.29, 0.717) is 11.4 Å². The van der Waals surface area contributed by atoms with Crippen LogP contribution < -0.4 is 10.6 Å². The Morgan fingerprint density at radius 3 is 2.61 bits per heavy atom. The van der Waals surface area contributed by atoms with Crippen LogP contribution in [0.3, 0.4) is 0 Å². The van der Waals surface area contributed by atoms with Crippen LogP contribution in [0, 0.1) is 0 Å². The first-order valence-corrected chi connectivity index (χ1v) is 8.61. The van der Waals surface area contributed by atoms with Crippen LogP contribution in [0.1, 0.15) is 12.5 Å². The maximum absolute atomic E-state index is 12.3. The Balaban J connectivity index is 2.00. The topological polar surface area (TPSA) is 78.4 Å². The fraction of sp³-hybridized carbons (Fsp3) is 0.235. The summed E-state index contributed by atoms with van der Waals surface area (Å²) < 4.78 is 12.3. The molecule has 0 bridgehead atoms. The van der Waals surface area contributed by atoms with Crippen molar-refractivity contribution in [2.75, 3.05) is 11.9 Å². The molecule has 2 aromatic carbocycles. The number of amides is 2. The Kier molecular flexibility index (Phi) is 6.31. The van der Waals surface area contributed by atoms with Gasteiger partial charge >= 0.3 is 6.03 Å². The lowest BCUT2D eigenvalue weighted by Crippen LogP contribution is -2.38. The molecule has 2 atom stereocenters. The third-order valence-corrected chi connectivity index (χ3v) is 4.53. The number of anilines is 1. The van der Waals surface area contributed by atoms with Crippen molar-refractivity contribution < 1.29 is 14.1 Å². The van der Waals surface area contributed by atoms with E-state index < -0.39 is 10.8 Å². The number of nitrogens with one attached hydrogen (secondary N) is 2. The van der Waals surface area contributed by atoms with Crippen molar-refractivity contribution in [2.45, 2.75) is 23.6 Å². The van der Waals surface area contributed by atoms with E-state index in [9.17, 15) is 9.00 Å². The van der Waals surface area contributed by atoms with Crippen LogP contribution in [0.4, 0.5) is 10.5 Å². The second-order valence-electron chi connectivity index (χ2n) is 5.19. The number of benzene rings is 2. The molecule has 0 aliphatic carbocycles. The smallest absolute Gasteiger partial charge is 0.319 e. The molecule has 0 fully saturated rings. The van der Waals surface area contributed by atoms with E-state index in [1.165, 1.54) is 0 Å². The van der Waals surface area contributed by atoms with Gasteiger partial charge in [0.05, 0.1) is 29.2 Å². The van der Waals surface area contributed by atoms with E-state index in [-0.39, 0.29) is 18.7 Å². The summed E-state index contributed by atoms with van der Waals surface area (Å²) in [4.78, 5) is 12.5. The van der Waals surface area contributed by atoms with Gasteiger partial charge in [0.25, 0.3) is 0 Å². The maximum Gasteiger partial charge on any atom is 0.319 e. The minimum absolute atomic E-state index is 0.122. The number of hydrogen-bond donors (Lipinski definition) is 3. The van der Waals surface area contributed by atoms with Gasteiger partial charge in [-0.05, 0) is 36.8 Å². The third kappa shape index (κ3) is 5.50. The fourth-order valence-electron chi connectivity index (χ4n) is 1.98. The summed E-state index contributed by atoms with van der Waals surface area (Å²) in [6.07, 6.45) is 0. The first kappa shape index (κ1) is 17.2. The van der Waals surface area contributed by atoms with Gasteiger partial charge in [-0.25, -0.2) is 4.79 Å². The Morgan fingerprint density at radius 1 is 1.17 bits per heavy atom. The van der Waals surface area contributed by atoms with Crippen molar-refractivity contribution in [3.05, 3.63) is 60.2 Å². The number of urea groups is 1. The van der Waals surface area contributed by atoms with Crippen LogP contribution in [0.15, 0.2) is 59.5 Å². The Hall–Kier alpha value is -2.18. The molecule has 6 heteroatoms. The zero-order valence-electron chi connectivity index (χ0n) is 12.9. The molecule has 2 amide bonds. The molecular formula is C17H20N2O3S. The number of hydrogen-bond acceptors (Lipinski definition) is 3. The van der Waals surface area contributed by atoms with Crippen LogP contribution in [-0.4, -0.2) is 28.0 Å². The van der Waals surface area contributed by atoms with Gasteiger partial charge in [0, 0.05) is 10.6 Å². The summed E-state index contributed by atoms with van der Waals surface area (Å²) in [6.45, 7) is 1.59. The lowest BCUT2D eigenvalue weighted by molar-refractivity contribution is 0.229. The van der Waals surface area contributed by atoms with Crippen LogP contribution in [0.2, 0.25) is 0 Å². The van der Waals surface area contributed by atoms with Crippen LogP contribution in [0.25, 0.3) is 0 Å². The highest BCUT2D eigenvalue weighted by atomic mass is 32.2. The molecule has 0 aromatic heterocycles. The molecule has 0 aliphatic heterocycles. The number of aliphatic hydroxyl groups excluding tert-OH is 1. The molecular weight excluding hydrogens is 312 g/mol. The van der Waals surface area contributed by atoms with E-state index in [1.54, 1.807) is 19.1 Å². The van der Waals surface area contributed by atoms with Crippen molar-refractivity contribution in [2.24, 2.45) is 0 Å². The van der Waals surface area contributed by atoms with Crippen LogP contribution in [-0.2, 0) is 16.6 Å². The van der Waals surface area contributed by atoms with Gasteiger partial charge in [0.2, 0.25) is 0 Å². The van der Waals surface area contributed by atoms with Gasteiger partial charge in [0.1, 0.15) is 0 Å². The summed E-state index contributed by atoms with van der Waals surface area (Å²) in [5.41, 5.74) is 1.50. The molecule has 23 heavy (non-hydrogen) atoms. The van der Waals surface area contributed by atoms with E-state index in [0.717, 1.165) is 10.5 Å². The molecule has 0 aliphatic rings. The van der Waals surface area contributed by atoms with Gasteiger partial charge in [-0.2, -0.15) is 0 Å². The molecule has 0 radical (unpaired) electrons. The number of aliphatic hydroxyl groups is 1. The zero-order chi connectivity index (χ0) is 16.7. The predicted molar refractivity (Wildman–Crippen MR) is 91.7 cm³/mol. The summed E-state index contributed by atoms with van der Waals surface area (Å²) >= 11 is 0. The van der Waals surface area contributed by atoms with Crippen molar-refractivity contribution in [1.29, 1.82) is 0 Å². The second-order valence-corrected chi connectivity index (χ2v) is 6.64. The number of rotatable bonds is 6. The monoisotopic (exact) mass is 332 g/mol. The molecule has 2 rings (SSSR count). The predicted octanol–water partition coefficient (Wildman–Crippen LogP) is 2.50. The summed E-state index contributed by atoms with van der Waals surface area (Å²) in [5, 5.41) is 14.2. The van der Waals surface area contributed by atoms with Gasteiger partial charge in [-0.1, -0.05) is 30.3 Å². The van der Waals surface area contributed by atoms with Gasteiger partial charge < -0.3 is 15.7 Å². The Labute approximate surface area is 138 Å². The second kappa shape index (κ2) is 8.45. The Bertz CT molecular complexity index is 677. The quantitative estimate of drug-likeness (QED) is 0.760. The maximum atomic E-state index is 12.3. The van der Waals surface area contributed by atoms with Crippen LogP contribution >= 0.6 is 0 Å². The average molecular weight is 332 g/mol. The highest BCUT2D eigenvalue weighted by Crippen LogP contribution is 2.16. The molecule has 2 aromatic rings. The normalized spacial score (nSPS) is 13.1. The van der Waals surface area contributed by atoms with Crippen molar-refractivity contribution in [1.82, 2.24) is 5.32 Å². The highest BCUT2D eigenvalue weighted by molar-refractivity contribution is 7.84. The average Bonchev–Trinajstić information content (AvgIpc) is 2.55. The van der Waals surface area contributed by atoms with Gasteiger partial charge in [0.15, 0.2) is 0 Å². The SMILES string of the molecule is CC(CO)NC(=O)Nc1cccc(CS(=O)c2ccccc2)c1. The summed E-state index contributed by atoms with van der Waals surface area (Å²) in [6, 6.07) is 15.8. The van der Waals surface area contributed by atoms with E-state index >= 15 is 0 Å². The molecule has 5 nitrogen and oxygen atoms in total. The summed E-state index contributed by atoms with van der Waals surface area (Å²) in [7, 11) is -1.13. The van der Waals surface area contributed by atoms with Crippen molar-refractivity contribution in [3.8, 4) is 0 Å². The molecule has 0 saturated carbocycles. The molecule has 0 heterocycles. The molecule has 0 saturated heterocycles. The summed E-state index contributed by atoms with van der Waals surface area (Å²) in [5.74, 6) is 0.383. The first-order valence-electron chi connectivity index (χ1n) is 7.29. The van der Waals surface area contributed by atoms with Crippen LogP contribution in [0.5, 0.6) is 0 Å². The lowest BCUT2D eigenvalue weighted by atomic mass is 10.2. The number of carbonyl (C=O) groups excluding carboxylic acids is 1. The van der Waals surface area contributed by atoms with E-state index in [1.807, 2.05) is 42.5 Å². The third-order valence-electron chi connectivity index (χ3n) is 3.14. The van der Waals surface area contributed by atoms with Crippen molar-refractivity contribution in [3.63, 3.8) is 0 Å². The zero-order valence-corrected chi connectivity index (χ0v) is 13.7. The number of carbonyl (C=O) groups is 1. The minimum atomic E-state index is -1.13. The lowest BCUT2D eigenvalue weighted by Gasteiger charge is -2.12. The molecule has 2 unspecified atom stereocenters. The van der Waals surface area contributed by atoms with E-state index in [2.05, 4.69) is 10.6 Å². The fourth-order valence-corrected chi connectivity index (χ4v) is 3.09. The van der Waals surface area contributed by atoms with Gasteiger partial charge in [-0.3, -0.25) is 4.21 Å². The standard InChI is InChI=1S/C17H20N2O3S/c1-13(11-20)18-17(21)19-15-7-5-6-14(10-15)12-23(22)16-8-3-2-4-9-16/h2-10,13,20H,11-12H2,1H3,(H2,18,19,21). The Morgan fingerprint density at radius 2 is 1.91 bits per heavy atom. The van der Waals surface area contributed by atoms with E-state index in [4.69, 9.17) is 5.11 Å². The molecule has 3 N–H and O–H groups in total. The highest BCUT2D eigenvalue weighted by Gasteiger charge is 2.08.